The van der Waals surface area contributed by atoms with Crippen LogP contribution < -0.4 is 26.7 Å². The number of fused-ring (bicyclic) bond motifs is 1. The molecule has 1 aliphatic heterocycles. The van der Waals surface area contributed by atoms with Crippen molar-refractivity contribution in [2.45, 2.75) is 19.1 Å². The summed E-state index contributed by atoms with van der Waals surface area (Å²) in [6, 6.07) is 0.964. The molecular weight excluding hydrogens is 400 g/mol. The summed E-state index contributed by atoms with van der Waals surface area (Å²) in [6.07, 6.45) is 0.253. The zero-order chi connectivity index (χ0) is 21.7. The van der Waals surface area contributed by atoms with Gasteiger partial charge >= 0.3 is 11.9 Å². The second-order valence-electron chi connectivity index (χ2n) is 6.02. The molecule has 1 aromatic carbocycles. The van der Waals surface area contributed by atoms with Gasteiger partial charge in [0.05, 0.1) is 17.4 Å². The van der Waals surface area contributed by atoms with E-state index in [9.17, 15) is 31.9 Å². The second kappa shape index (κ2) is 6.69. The number of anilines is 1. The van der Waals surface area contributed by atoms with Crippen LogP contribution in [0, 0.1) is 18.2 Å². The van der Waals surface area contributed by atoms with Crippen LogP contribution in [0.3, 0.4) is 0 Å². The first kappa shape index (κ1) is 20.0. The van der Waals surface area contributed by atoms with Crippen molar-refractivity contribution in [2.75, 3.05) is 17.3 Å². The number of terminal acetylenes is 1. The van der Waals surface area contributed by atoms with E-state index in [1.165, 1.54) is 6.92 Å². The van der Waals surface area contributed by atoms with Crippen molar-refractivity contribution < 1.29 is 27.1 Å². The maximum Gasteiger partial charge on any atom is 0.433 e. The molecule has 3 rings (SSSR count). The molecule has 2 heterocycles. The van der Waals surface area contributed by atoms with E-state index < -0.39 is 53.2 Å². The number of aromatic nitrogens is 2. The van der Waals surface area contributed by atoms with Gasteiger partial charge in [-0.2, -0.15) is 13.2 Å². The number of rotatable bonds is 2. The fourth-order valence-electron chi connectivity index (χ4n) is 2.85. The van der Waals surface area contributed by atoms with Crippen molar-refractivity contribution in [3.63, 3.8) is 0 Å². The van der Waals surface area contributed by atoms with E-state index in [-0.39, 0.29) is 26.7 Å². The summed E-state index contributed by atoms with van der Waals surface area (Å²) in [4.78, 5) is 37.8. The summed E-state index contributed by atoms with van der Waals surface area (Å²) in [5.41, 5.74) is -5.59. The van der Waals surface area contributed by atoms with Crippen LogP contribution in [-0.2, 0) is 11.0 Å². The first-order valence-electron chi connectivity index (χ1n) is 7.93. The van der Waals surface area contributed by atoms with Crippen LogP contribution in [0.2, 0.25) is 0 Å². The lowest BCUT2D eigenvalue weighted by Gasteiger charge is -2.32. The molecule has 1 atom stereocenters. The van der Waals surface area contributed by atoms with Crippen molar-refractivity contribution in [1.82, 2.24) is 9.24 Å². The van der Waals surface area contributed by atoms with E-state index in [0.717, 1.165) is 17.0 Å². The minimum Gasteiger partial charge on any atom is -0.481 e. The zero-order valence-electron chi connectivity index (χ0n) is 14.7. The van der Waals surface area contributed by atoms with Crippen LogP contribution >= 0.6 is 0 Å². The molecule has 2 N–H and O–H groups in total. The minimum atomic E-state index is -5.08. The van der Waals surface area contributed by atoms with E-state index in [0.29, 0.717) is 0 Å². The number of ether oxygens (including phenoxy) is 1. The number of halogens is 4. The third-order valence-corrected chi connectivity index (χ3v) is 4.21. The quantitative estimate of drug-likeness (QED) is 0.443. The molecular formula is C17H12F4N4O4. The van der Waals surface area contributed by atoms with Gasteiger partial charge in [-0.1, -0.05) is 5.92 Å². The largest absolute Gasteiger partial charge is 0.481 e. The van der Waals surface area contributed by atoms with Gasteiger partial charge in [-0.05, 0) is 13.0 Å². The molecule has 12 heteroatoms. The third-order valence-electron chi connectivity index (χ3n) is 4.21. The molecule has 29 heavy (non-hydrogen) atoms. The number of carbonyl (C=O) groups is 1. The summed E-state index contributed by atoms with van der Waals surface area (Å²) in [7, 11) is 0. The molecule has 0 bridgehead atoms. The Kier molecular flexibility index (Phi) is 4.62. The summed E-state index contributed by atoms with van der Waals surface area (Å²) < 4.78 is 58.3. The van der Waals surface area contributed by atoms with Gasteiger partial charge in [0.2, 0.25) is 0 Å². The van der Waals surface area contributed by atoms with E-state index in [1.54, 1.807) is 0 Å². The van der Waals surface area contributed by atoms with E-state index in [4.69, 9.17) is 17.0 Å². The number of amides is 1. The number of nitrogens with zero attached hydrogens (tertiary/aromatic N) is 3. The van der Waals surface area contributed by atoms with Crippen LogP contribution in [0.1, 0.15) is 12.6 Å². The topological polar surface area (TPSA) is 99.6 Å². The fraction of sp³-hybridized carbons (Fsp3) is 0.235. The average Bonchev–Trinajstić information content (AvgIpc) is 2.64. The number of benzene rings is 1. The molecule has 0 saturated heterocycles. The van der Waals surface area contributed by atoms with Crippen molar-refractivity contribution in [3.05, 3.63) is 50.5 Å². The molecule has 0 radical (unpaired) electrons. The first-order valence-corrected chi connectivity index (χ1v) is 7.93. The fourth-order valence-corrected chi connectivity index (χ4v) is 2.85. The molecule has 0 aliphatic carbocycles. The van der Waals surface area contributed by atoms with Gasteiger partial charge in [0.15, 0.2) is 18.1 Å². The summed E-state index contributed by atoms with van der Waals surface area (Å²) in [6.45, 7) is 1.07. The van der Waals surface area contributed by atoms with Crippen LogP contribution in [0.25, 0.3) is 5.69 Å². The van der Waals surface area contributed by atoms with Crippen molar-refractivity contribution >= 4 is 11.6 Å². The lowest BCUT2D eigenvalue weighted by atomic mass is 10.1. The molecule has 0 saturated carbocycles. The number of hydrogen-bond donors (Lipinski definition) is 1. The second-order valence-corrected chi connectivity index (χ2v) is 6.02. The van der Waals surface area contributed by atoms with Crippen LogP contribution in [0.4, 0.5) is 23.2 Å². The van der Waals surface area contributed by atoms with Crippen molar-refractivity contribution in [3.8, 4) is 23.8 Å². The van der Waals surface area contributed by atoms with Crippen LogP contribution in [0.5, 0.6) is 5.75 Å². The Hall–Kier alpha value is -3.75. The number of nitrogen functional groups attached to an aromatic ring is 1. The first-order chi connectivity index (χ1) is 13.5. The summed E-state index contributed by atoms with van der Waals surface area (Å²) >= 11 is 0. The van der Waals surface area contributed by atoms with E-state index in [1.807, 2.05) is 0 Å². The van der Waals surface area contributed by atoms with Crippen molar-refractivity contribution in [1.29, 1.82) is 0 Å². The molecule has 0 spiro atoms. The summed E-state index contributed by atoms with van der Waals surface area (Å²) in [5.74, 6) is 5.65. The molecule has 1 aliphatic rings. The Labute approximate surface area is 159 Å². The predicted molar refractivity (Wildman–Crippen MR) is 92.7 cm³/mol. The number of hydrogen-bond acceptors (Lipinski definition) is 5. The molecule has 8 nitrogen and oxygen atoms in total. The monoisotopic (exact) mass is 412 g/mol. The maximum absolute atomic E-state index is 14.6. The van der Waals surface area contributed by atoms with Gasteiger partial charge < -0.3 is 10.6 Å². The molecule has 1 amide bonds. The highest BCUT2D eigenvalue weighted by atomic mass is 19.4. The van der Waals surface area contributed by atoms with Crippen LogP contribution in [0.15, 0.2) is 27.8 Å². The number of alkyl halides is 3. The number of nitrogens with two attached hydrogens (primary N) is 1. The molecule has 2 aromatic rings. The molecule has 152 valence electrons. The number of carbonyl (C=O) groups excluding carboxylic acids is 1. The Bertz CT molecular complexity index is 1180. The maximum atomic E-state index is 14.6. The third kappa shape index (κ3) is 3.20. The lowest BCUT2D eigenvalue weighted by molar-refractivity contribution is -0.143. The Morgan fingerprint density at radius 3 is 2.45 bits per heavy atom. The predicted octanol–water partition coefficient (Wildman–Crippen LogP) is 0.618. The van der Waals surface area contributed by atoms with E-state index in [2.05, 4.69) is 5.92 Å². The Morgan fingerprint density at radius 1 is 1.21 bits per heavy atom. The average molecular weight is 412 g/mol. The highest BCUT2D eigenvalue weighted by molar-refractivity contribution is 5.99. The molecule has 1 unspecified atom stereocenters. The van der Waals surface area contributed by atoms with Gasteiger partial charge in [-0.25, -0.2) is 18.4 Å². The van der Waals surface area contributed by atoms with Gasteiger partial charge in [0.25, 0.3) is 11.5 Å². The highest BCUT2D eigenvalue weighted by Gasteiger charge is 2.36. The Morgan fingerprint density at radius 2 is 1.86 bits per heavy atom. The van der Waals surface area contributed by atoms with Crippen molar-refractivity contribution in [2.24, 2.45) is 0 Å². The minimum absolute atomic E-state index is 0.0575. The van der Waals surface area contributed by atoms with Gasteiger partial charge in [0, 0.05) is 12.1 Å². The Balaban J connectivity index is 2.30. The van der Waals surface area contributed by atoms with Crippen LogP contribution in [-0.4, -0.2) is 27.8 Å². The molecule has 0 fully saturated rings. The zero-order valence-corrected chi connectivity index (χ0v) is 14.7. The van der Waals surface area contributed by atoms with Gasteiger partial charge in [-0.3, -0.25) is 14.5 Å². The van der Waals surface area contributed by atoms with Gasteiger partial charge in [0.1, 0.15) is 5.75 Å². The van der Waals surface area contributed by atoms with E-state index >= 15 is 0 Å². The summed E-state index contributed by atoms with van der Waals surface area (Å²) in [5, 5.41) is 0. The smallest absolute Gasteiger partial charge is 0.433 e. The normalized spacial score (nSPS) is 14.8. The standard InChI is InChI=1S/C17H12F4N4O4/c1-3-8(2)23-11-5-10(9(18)4-12(11)29-7-15(23)27)24-14(26)6-13(17(19,20)21)25(22)16(24)28/h1,4-6,8H,7,22H2,2H3. The van der Waals surface area contributed by atoms with Gasteiger partial charge in [-0.15, -0.1) is 6.42 Å². The SMILES string of the molecule is C#CC(C)N1C(=O)COc2cc(F)c(-n3c(=O)cc(C(F)(F)F)n(N)c3=O)cc21. The molecule has 1 aromatic heterocycles. The highest BCUT2D eigenvalue weighted by Crippen LogP contribution is 2.36. The lowest BCUT2D eigenvalue weighted by Crippen LogP contribution is -2.46.